The number of rotatable bonds is 8. The van der Waals surface area contributed by atoms with Gasteiger partial charge in [0.05, 0.1) is 13.2 Å². The van der Waals surface area contributed by atoms with E-state index < -0.39 is 0 Å². The first kappa shape index (κ1) is 14.6. The van der Waals surface area contributed by atoms with E-state index in [0.29, 0.717) is 26.6 Å². The molecule has 0 aliphatic carbocycles. The van der Waals surface area contributed by atoms with Crippen LogP contribution in [0.15, 0.2) is 0 Å². The van der Waals surface area contributed by atoms with Gasteiger partial charge in [0, 0.05) is 26.4 Å². The van der Waals surface area contributed by atoms with E-state index >= 15 is 0 Å². The van der Waals surface area contributed by atoms with Gasteiger partial charge in [-0.2, -0.15) is 0 Å². The van der Waals surface area contributed by atoms with Crippen LogP contribution in [0.1, 0.15) is 0 Å². The molecule has 76 valence electrons. The number of hydrogen-bond acceptors (Lipinski definition) is 5. The van der Waals surface area contributed by atoms with Crippen molar-refractivity contribution in [3.8, 4) is 0 Å². The van der Waals surface area contributed by atoms with Gasteiger partial charge in [-0.05, 0) is 0 Å². The smallest absolute Gasteiger partial charge is 0.0592 e. The van der Waals surface area contributed by atoms with E-state index in [0.717, 1.165) is 13.1 Å². The third kappa shape index (κ3) is 12.7. The van der Waals surface area contributed by atoms with E-state index in [1.54, 1.807) is 0 Å². The molecule has 0 rings (SSSR count). The van der Waals surface area contributed by atoms with Gasteiger partial charge in [0.25, 0.3) is 0 Å². The Balaban J connectivity index is 0. The highest BCUT2D eigenvalue weighted by molar-refractivity contribution is 5.85. The highest BCUT2D eigenvalue weighted by atomic mass is 35.5. The molecule has 0 spiro atoms. The third-order valence-electron chi connectivity index (χ3n) is 1.14. The minimum Gasteiger partial charge on any atom is -0.379 e. The SMILES string of the molecule is Cl.NCNCCOCCNCN. The summed E-state index contributed by atoms with van der Waals surface area (Å²) in [7, 11) is 0. The Morgan fingerprint density at radius 1 is 0.917 bits per heavy atom. The van der Waals surface area contributed by atoms with Gasteiger partial charge in [-0.25, -0.2) is 0 Å². The van der Waals surface area contributed by atoms with Gasteiger partial charge in [0.15, 0.2) is 0 Å². The average molecular weight is 199 g/mol. The molecule has 0 radical (unpaired) electrons. The lowest BCUT2D eigenvalue weighted by Crippen LogP contribution is -2.29. The maximum absolute atomic E-state index is 5.20. The minimum absolute atomic E-state index is 0. The summed E-state index contributed by atoms with van der Waals surface area (Å²) < 4.78 is 5.20. The Morgan fingerprint density at radius 3 is 1.67 bits per heavy atom. The van der Waals surface area contributed by atoms with Crippen molar-refractivity contribution in [1.82, 2.24) is 10.6 Å². The summed E-state index contributed by atoms with van der Waals surface area (Å²) in [6.45, 7) is 4.01. The summed E-state index contributed by atoms with van der Waals surface area (Å²) >= 11 is 0. The fraction of sp³-hybridized carbons (Fsp3) is 1.00. The molecule has 6 heteroatoms. The molecule has 0 aromatic carbocycles. The second-order valence-electron chi connectivity index (χ2n) is 2.02. The van der Waals surface area contributed by atoms with Crippen LogP contribution in [0, 0.1) is 0 Å². The van der Waals surface area contributed by atoms with Gasteiger partial charge in [-0.3, -0.25) is 0 Å². The van der Waals surface area contributed by atoms with Crippen LogP contribution in [0.5, 0.6) is 0 Å². The number of ether oxygens (including phenoxy) is 1. The van der Waals surface area contributed by atoms with E-state index in [4.69, 9.17) is 16.2 Å². The fourth-order valence-corrected chi connectivity index (χ4v) is 0.595. The fourth-order valence-electron chi connectivity index (χ4n) is 0.595. The standard InChI is InChI=1S/C6H18N4O.ClH/c7-5-9-1-3-11-4-2-10-6-8;/h9-10H,1-8H2;1H. The Bertz CT molecular complexity index is 68.6. The average Bonchev–Trinajstić information content (AvgIpc) is 2.03. The van der Waals surface area contributed by atoms with Crippen molar-refractivity contribution in [2.75, 3.05) is 39.6 Å². The molecule has 0 aromatic heterocycles. The van der Waals surface area contributed by atoms with Crippen molar-refractivity contribution in [3.63, 3.8) is 0 Å². The van der Waals surface area contributed by atoms with Gasteiger partial charge in [-0.1, -0.05) is 0 Å². The van der Waals surface area contributed by atoms with Crippen molar-refractivity contribution in [3.05, 3.63) is 0 Å². The summed E-state index contributed by atoms with van der Waals surface area (Å²) in [5.74, 6) is 0. The Labute approximate surface area is 79.6 Å². The molecule has 0 bridgehead atoms. The first-order chi connectivity index (χ1) is 5.41. The molecule has 5 nitrogen and oxygen atoms in total. The summed E-state index contributed by atoms with van der Waals surface area (Å²) in [4.78, 5) is 0. The van der Waals surface area contributed by atoms with E-state index in [9.17, 15) is 0 Å². The first-order valence-electron chi connectivity index (χ1n) is 3.81. The molecule has 0 saturated carbocycles. The second kappa shape index (κ2) is 13.7. The number of hydrogen-bond donors (Lipinski definition) is 4. The molecule has 12 heavy (non-hydrogen) atoms. The van der Waals surface area contributed by atoms with Crippen LogP contribution in [0.25, 0.3) is 0 Å². The zero-order valence-corrected chi connectivity index (χ0v) is 8.03. The van der Waals surface area contributed by atoms with Crippen LogP contribution in [0.2, 0.25) is 0 Å². The number of halogens is 1. The maximum atomic E-state index is 5.20. The van der Waals surface area contributed by atoms with Crippen LogP contribution in [0.3, 0.4) is 0 Å². The molecule has 0 aliphatic rings. The lowest BCUT2D eigenvalue weighted by molar-refractivity contribution is 0.138. The van der Waals surface area contributed by atoms with E-state index in [2.05, 4.69) is 10.6 Å². The summed E-state index contributed by atoms with van der Waals surface area (Å²) in [6, 6.07) is 0. The molecule has 0 aromatic rings. The van der Waals surface area contributed by atoms with Crippen LogP contribution < -0.4 is 22.1 Å². The third-order valence-corrected chi connectivity index (χ3v) is 1.14. The molecule has 0 saturated heterocycles. The second-order valence-corrected chi connectivity index (χ2v) is 2.02. The van der Waals surface area contributed by atoms with Crippen molar-refractivity contribution in [1.29, 1.82) is 0 Å². The highest BCUT2D eigenvalue weighted by Crippen LogP contribution is 1.70. The molecule has 6 N–H and O–H groups in total. The summed E-state index contributed by atoms with van der Waals surface area (Å²) in [5, 5.41) is 5.89. The van der Waals surface area contributed by atoms with E-state index in [1.165, 1.54) is 0 Å². The van der Waals surface area contributed by atoms with Gasteiger partial charge in [0.1, 0.15) is 0 Å². The van der Waals surface area contributed by atoms with Gasteiger partial charge < -0.3 is 26.8 Å². The molecule has 0 heterocycles. The van der Waals surface area contributed by atoms with Crippen molar-refractivity contribution in [2.24, 2.45) is 11.5 Å². The molecule has 0 aliphatic heterocycles. The van der Waals surface area contributed by atoms with Gasteiger partial charge in [0.2, 0.25) is 0 Å². The predicted octanol–water partition coefficient (Wildman–Crippen LogP) is -1.56. The van der Waals surface area contributed by atoms with Crippen molar-refractivity contribution >= 4 is 12.4 Å². The van der Waals surface area contributed by atoms with Crippen molar-refractivity contribution in [2.45, 2.75) is 0 Å². The van der Waals surface area contributed by atoms with Crippen LogP contribution in [-0.2, 0) is 4.74 Å². The summed E-state index contributed by atoms with van der Waals surface area (Å²) in [5.41, 5.74) is 10.4. The van der Waals surface area contributed by atoms with Crippen LogP contribution in [-0.4, -0.2) is 39.6 Å². The first-order valence-corrected chi connectivity index (χ1v) is 3.81. The normalized spacial score (nSPS) is 9.50. The van der Waals surface area contributed by atoms with Crippen LogP contribution in [0.4, 0.5) is 0 Å². The Hall–Kier alpha value is 0.0900. The van der Waals surface area contributed by atoms with E-state index in [-0.39, 0.29) is 12.4 Å². The Kier molecular flexibility index (Phi) is 16.6. The molecule has 0 unspecified atom stereocenters. The lowest BCUT2D eigenvalue weighted by Gasteiger charge is -2.04. The predicted molar refractivity (Wildman–Crippen MR) is 52.2 cm³/mol. The van der Waals surface area contributed by atoms with Gasteiger partial charge >= 0.3 is 0 Å². The summed E-state index contributed by atoms with van der Waals surface area (Å²) in [6.07, 6.45) is 0. The zero-order valence-electron chi connectivity index (χ0n) is 7.21. The molecule has 0 atom stereocenters. The molecular formula is C6H19ClN4O. The quantitative estimate of drug-likeness (QED) is 0.280. The lowest BCUT2D eigenvalue weighted by atomic mass is 10.6. The van der Waals surface area contributed by atoms with Crippen molar-refractivity contribution < 1.29 is 4.74 Å². The highest BCUT2D eigenvalue weighted by Gasteiger charge is 1.86. The van der Waals surface area contributed by atoms with Gasteiger partial charge in [-0.15, -0.1) is 12.4 Å². The largest absolute Gasteiger partial charge is 0.379 e. The molecular weight excluding hydrogens is 180 g/mol. The Morgan fingerprint density at radius 2 is 1.33 bits per heavy atom. The zero-order chi connectivity index (χ0) is 8.36. The molecule has 0 amide bonds. The van der Waals surface area contributed by atoms with Crippen LogP contribution >= 0.6 is 12.4 Å². The van der Waals surface area contributed by atoms with E-state index in [1.807, 2.05) is 0 Å². The maximum Gasteiger partial charge on any atom is 0.0592 e. The minimum atomic E-state index is 0. The molecule has 0 fully saturated rings. The topological polar surface area (TPSA) is 85.3 Å². The number of nitrogens with one attached hydrogen (secondary N) is 2. The number of nitrogens with two attached hydrogens (primary N) is 2. The monoisotopic (exact) mass is 198 g/mol.